The van der Waals surface area contributed by atoms with Crippen molar-refractivity contribution in [3.8, 4) is 0 Å². The first-order valence-corrected chi connectivity index (χ1v) is 8.47. The molecule has 0 bridgehead atoms. The molecule has 0 saturated carbocycles. The van der Waals surface area contributed by atoms with Crippen molar-refractivity contribution in [3.63, 3.8) is 0 Å². The molecule has 1 saturated heterocycles. The molecule has 0 amide bonds. The molecule has 21 heavy (non-hydrogen) atoms. The van der Waals surface area contributed by atoms with Crippen molar-refractivity contribution in [3.05, 3.63) is 18.0 Å². The summed E-state index contributed by atoms with van der Waals surface area (Å²) in [4.78, 5) is 11.5. The second-order valence-electron chi connectivity index (χ2n) is 6.49. The molecule has 1 N–H and O–H groups in total. The first kappa shape index (κ1) is 16.2. The predicted octanol–water partition coefficient (Wildman–Crippen LogP) is 3.24. The molecule has 1 aliphatic heterocycles. The van der Waals surface area contributed by atoms with Gasteiger partial charge in [0.25, 0.3) is 0 Å². The van der Waals surface area contributed by atoms with Crippen LogP contribution >= 0.6 is 0 Å². The molecule has 118 valence electrons. The van der Waals surface area contributed by atoms with Gasteiger partial charge in [-0.3, -0.25) is 0 Å². The van der Waals surface area contributed by atoms with E-state index in [4.69, 9.17) is 0 Å². The SMILES string of the molecule is CCCNCc1cnc(N2CCCC(C(C)C)CC2)nc1. The lowest BCUT2D eigenvalue weighted by Gasteiger charge is -2.21. The number of hydrogen-bond acceptors (Lipinski definition) is 4. The van der Waals surface area contributed by atoms with E-state index in [1.54, 1.807) is 0 Å². The Morgan fingerprint density at radius 3 is 2.67 bits per heavy atom. The lowest BCUT2D eigenvalue weighted by Crippen LogP contribution is -2.26. The average molecular weight is 290 g/mol. The molecule has 1 aliphatic rings. The molecule has 2 heterocycles. The Morgan fingerprint density at radius 1 is 1.24 bits per heavy atom. The van der Waals surface area contributed by atoms with Gasteiger partial charge < -0.3 is 10.2 Å². The summed E-state index contributed by atoms with van der Waals surface area (Å²) in [5, 5.41) is 3.39. The summed E-state index contributed by atoms with van der Waals surface area (Å²) in [6.07, 6.45) is 8.95. The molecule has 0 radical (unpaired) electrons. The maximum absolute atomic E-state index is 4.57. The van der Waals surface area contributed by atoms with Crippen LogP contribution in [0.4, 0.5) is 5.95 Å². The summed E-state index contributed by atoms with van der Waals surface area (Å²) in [5.74, 6) is 2.55. The highest BCUT2D eigenvalue weighted by Crippen LogP contribution is 2.25. The fourth-order valence-corrected chi connectivity index (χ4v) is 3.00. The van der Waals surface area contributed by atoms with Gasteiger partial charge in [-0.05, 0) is 44.1 Å². The normalized spacial score (nSPS) is 19.8. The monoisotopic (exact) mass is 290 g/mol. The van der Waals surface area contributed by atoms with Crippen LogP contribution in [-0.4, -0.2) is 29.6 Å². The zero-order valence-corrected chi connectivity index (χ0v) is 13.8. The number of rotatable bonds is 6. The van der Waals surface area contributed by atoms with Crippen molar-refractivity contribution >= 4 is 5.95 Å². The lowest BCUT2D eigenvalue weighted by molar-refractivity contribution is 0.351. The van der Waals surface area contributed by atoms with Gasteiger partial charge in [0.15, 0.2) is 0 Å². The average Bonchev–Trinajstić information content (AvgIpc) is 2.74. The van der Waals surface area contributed by atoms with E-state index in [1.165, 1.54) is 24.8 Å². The summed E-state index contributed by atoms with van der Waals surface area (Å²) < 4.78 is 0. The highest BCUT2D eigenvalue weighted by atomic mass is 15.2. The van der Waals surface area contributed by atoms with Gasteiger partial charge in [-0.1, -0.05) is 20.8 Å². The largest absolute Gasteiger partial charge is 0.341 e. The van der Waals surface area contributed by atoms with Gasteiger partial charge in [-0.25, -0.2) is 9.97 Å². The Morgan fingerprint density at radius 2 is 2.00 bits per heavy atom. The standard InChI is InChI=1S/C17H30N4/c1-4-8-18-11-15-12-19-17(20-13-15)21-9-5-6-16(7-10-21)14(2)3/h12-14,16,18H,4-11H2,1-3H3. The molecule has 0 spiro atoms. The molecule has 4 heteroatoms. The number of anilines is 1. The van der Waals surface area contributed by atoms with E-state index >= 15 is 0 Å². The van der Waals surface area contributed by atoms with Crippen molar-refractivity contribution in [2.45, 2.75) is 53.0 Å². The van der Waals surface area contributed by atoms with E-state index in [-0.39, 0.29) is 0 Å². The molecule has 0 aromatic carbocycles. The third-order valence-corrected chi connectivity index (χ3v) is 4.45. The first-order valence-electron chi connectivity index (χ1n) is 8.47. The second kappa shape index (κ2) is 8.32. The zero-order valence-electron chi connectivity index (χ0n) is 13.8. The van der Waals surface area contributed by atoms with E-state index in [0.717, 1.165) is 50.4 Å². The Kier molecular flexibility index (Phi) is 6.43. The van der Waals surface area contributed by atoms with Crippen LogP contribution in [-0.2, 0) is 6.54 Å². The van der Waals surface area contributed by atoms with Crippen LogP contribution in [0.15, 0.2) is 12.4 Å². The molecule has 4 nitrogen and oxygen atoms in total. The van der Waals surface area contributed by atoms with Gasteiger partial charge in [-0.2, -0.15) is 0 Å². The Hall–Kier alpha value is -1.16. The molecule has 2 rings (SSSR count). The summed E-state index contributed by atoms with van der Waals surface area (Å²) in [6.45, 7) is 11.0. The number of aromatic nitrogens is 2. The highest BCUT2D eigenvalue weighted by Gasteiger charge is 2.20. The van der Waals surface area contributed by atoms with Crippen LogP contribution in [0, 0.1) is 11.8 Å². The summed E-state index contributed by atoms with van der Waals surface area (Å²) >= 11 is 0. The van der Waals surface area contributed by atoms with Crippen molar-refractivity contribution in [1.29, 1.82) is 0 Å². The van der Waals surface area contributed by atoms with Gasteiger partial charge >= 0.3 is 0 Å². The van der Waals surface area contributed by atoms with E-state index in [1.807, 2.05) is 12.4 Å². The Balaban J connectivity index is 1.89. The van der Waals surface area contributed by atoms with E-state index in [2.05, 4.69) is 41.0 Å². The third-order valence-electron chi connectivity index (χ3n) is 4.45. The van der Waals surface area contributed by atoms with E-state index in [9.17, 15) is 0 Å². The molecule has 0 aliphatic carbocycles. The van der Waals surface area contributed by atoms with Gasteiger partial charge in [0, 0.05) is 37.6 Å². The maximum atomic E-state index is 4.57. The topological polar surface area (TPSA) is 41.1 Å². The van der Waals surface area contributed by atoms with E-state index < -0.39 is 0 Å². The number of nitrogens with one attached hydrogen (secondary N) is 1. The minimum absolute atomic E-state index is 0.790. The molecular formula is C17H30N4. The molecule has 1 fully saturated rings. The summed E-state index contributed by atoms with van der Waals surface area (Å²) in [5.41, 5.74) is 1.17. The molecule has 1 unspecified atom stereocenters. The molecule has 1 atom stereocenters. The van der Waals surface area contributed by atoms with Crippen LogP contribution in [0.3, 0.4) is 0 Å². The predicted molar refractivity (Wildman–Crippen MR) is 88.4 cm³/mol. The van der Waals surface area contributed by atoms with Gasteiger partial charge in [0.2, 0.25) is 5.95 Å². The quantitative estimate of drug-likeness (QED) is 0.817. The van der Waals surface area contributed by atoms with Gasteiger partial charge in [0.1, 0.15) is 0 Å². The molecule has 1 aromatic rings. The zero-order chi connectivity index (χ0) is 15.1. The maximum Gasteiger partial charge on any atom is 0.225 e. The van der Waals surface area contributed by atoms with Gasteiger partial charge in [0.05, 0.1) is 0 Å². The molecular weight excluding hydrogens is 260 g/mol. The van der Waals surface area contributed by atoms with Crippen LogP contribution in [0.5, 0.6) is 0 Å². The van der Waals surface area contributed by atoms with Crippen LogP contribution in [0.2, 0.25) is 0 Å². The fraction of sp³-hybridized carbons (Fsp3) is 0.765. The smallest absolute Gasteiger partial charge is 0.225 e. The van der Waals surface area contributed by atoms with Gasteiger partial charge in [-0.15, -0.1) is 0 Å². The van der Waals surface area contributed by atoms with Crippen molar-refractivity contribution in [1.82, 2.24) is 15.3 Å². The highest BCUT2D eigenvalue weighted by molar-refractivity contribution is 5.30. The Labute approximate surface area is 129 Å². The van der Waals surface area contributed by atoms with Crippen molar-refractivity contribution in [2.24, 2.45) is 11.8 Å². The fourth-order valence-electron chi connectivity index (χ4n) is 3.00. The van der Waals surface area contributed by atoms with Crippen LogP contribution in [0.25, 0.3) is 0 Å². The molecule has 1 aromatic heterocycles. The van der Waals surface area contributed by atoms with Crippen molar-refractivity contribution in [2.75, 3.05) is 24.5 Å². The van der Waals surface area contributed by atoms with E-state index in [0.29, 0.717) is 0 Å². The number of hydrogen-bond donors (Lipinski definition) is 1. The minimum atomic E-state index is 0.790. The number of nitrogens with zero attached hydrogens (tertiary/aromatic N) is 3. The summed E-state index contributed by atoms with van der Waals surface area (Å²) in [6, 6.07) is 0. The lowest BCUT2D eigenvalue weighted by atomic mass is 9.89. The third kappa shape index (κ3) is 4.95. The second-order valence-corrected chi connectivity index (χ2v) is 6.49. The summed E-state index contributed by atoms with van der Waals surface area (Å²) in [7, 11) is 0. The van der Waals surface area contributed by atoms with Crippen LogP contribution in [0.1, 0.15) is 52.0 Å². The first-order chi connectivity index (χ1) is 10.2. The van der Waals surface area contributed by atoms with Crippen LogP contribution < -0.4 is 10.2 Å². The minimum Gasteiger partial charge on any atom is -0.341 e. The van der Waals surface area contributed by atoms with Crippen molar-refractivity contribution < 1.29 is 0 Å². The Bertz CT molecular complexity index is 402.